The van der Waals surface area contributed by atoms with E-state index in [4.69, 9.17) is 10.5 Å². The molecule has 0 radical (unpaired) electrons. The average molecular weight is 232 g/mol. The molecule has 1 aliphatic heterocycles. The Morgan fingerprint density at radius 3 is 2.71 bits per heavy atom. The Kier molecular flexibility index (Phi) is 2.71. The molecule has 0 spiro atoms. The normalized spacial score (nSPS) is 30.9. The molecule has 17 heavy (non-hydrogen) atoms. The summed E-state index contributed by atoms with van der Waals surface area (Å²) in [5.74, 6) is 1.73. The molecular weight excluding hydrogens is 212 g/mol. The zero-order valence-electron chi connectivity index (χ0n) is 10.3. The summed E-state index contributed by atoms with van der Waals surface area (Å²) >= 11 is 0. The van der Waals surface area contributed by atoms with E-state index in [1.54, 1.807) is 7.11 Å². The molecule has 2 N–H and O–H groups in total. The van der Waals surface area contributed by atoms with Crippen LogP contribution in [0, 0.1) is 5.92 Å². The fraction of sp³-hybridized carbons (Fsp3) is 0.571. The van der Waals surface area contributed by atoms with Crippen molar-refractivity contribution in [3.05, 3.63) is 24.3 Å². The zero-order chi connectivity index (χ0) is 11.8. The molecule has 0 amide bonds. The highest BCUT2D eigenvalue weighted by atomic mass is 16.5. The summed E-state index contributed by atoms with van der Waals surface area (Å²) in [4.78, 5) is 2.54. The number of nitrogens with two attached hydrogens (primary N) is 1. The highest BCUT2D eigenvalue weighted by molar-refractivity contribution is 5.53. The number of hydrogen-bond donors (Lipinski definition) is 1. The van der Waals surface area contributed by atoms with Gasteiger partial charge in [0.1, 0.15) is 5.75 Å². The van der Waals surface area contributed by atoms with E-state index in [9.17, 15) is 0 Å². The number of piperidine rings is 1. The molecule has 1 saturated heterocycles. The van der Waals surface area contributed by atoms with E-state index in [2.05, 4.69) is 17.0 Å². The van der Waals surface area contributed by atoms with Gasteiger partial charge in [-0.3, -0.25) is 0 Å². The molecule has 0 aromatic heterocycles. The standard InChI is InChI=1S/C14H20N2O/c1-17-13-6-4-11(5-7-13)16-12-3-2-10(8-12)14(16)9-15/h4-7,10,12,14H,2-3,8-9,15H2,1H3. The lowest BCUT2D eigenvalue weighted by Crippen LogP contribution is -2.45. The van der Waals surface area contributed by atoms with E-state index in [0.717, 1.165) is 18.2 Å². The molecule has 1 aromatic carbocycles. The maximum atomic E-state index is 5.94. The number of anilines is 1. The molecular formula is C14H20N2O. The van der Waals surface area contributed by atoms with Crippen LogP contribution >= 0.6 is 0 Å². The van der Waals surface area contributed by atoms with Gasteiger partial charge in [0.2, 0.25) is 0 Å². The van der Waals surface area contributed by atoms with Crippen LogP contribution in [0.1, 0.15) is 19.3 Å². The van der Waals surface area contributed by atoms with Gasteiger partial charge < -0.3 is 15.4 Å². The molecule has 2 bridgehead atoms. The summed E-state index contributed by atoms with van der Waals surface area (Å²) in [7, 11) is 1.70. The topological polar surface area (TPSA) is 38.5 Å². The molecule has 2 fully saturated rings. The van der Waals surface area contributed by atoms with Crippen molar-refractivity contribution in [2.45, 2.75) is 31.3 Å². The molecule has 1 heterocycles. The molecule has 3 unspecified atom stereocenters. The Labute approximate surface area is 103 Å². The summed E-state index contributed by atoms with van der Waals surface area (Å²) in [5, 5.41) is 0. The average Bonchev–Trinajstić information content (AvgIpc) is 2.98. The predicted molar refractivity (Wildman–Crippen MR) is 69.4 cm³/mol. The van der Waals surface area contributed by atoms with E-state index in [0.29, 0.717) is 12.1 Å². The van der Waals surface area contributed by atoms with Crippen molar-refractivity contribution < 1.29 is 4.74 Å². The van der Waals surface area contributed by atoms with Gasteiger partial charge in [0, 0.05) is 24.3 Å². The number of methoxy groups -OCH3 is 1. The second-order valence-corrected chi connectivity index (χ2v) is 5.14. The largest absolute Gasteiger partial charge is 0.497 e. The number of hydrogen-bond acceptors (Lipinski definition) is 3. The van der Waals surface area contributed by atoms with Gasteiger partial charge in [0.25, 0.3) is 0 Å². The van der Waals surface area contributed by atoms with Crippen molar-refractivity contribution in [3.8, 4) is 5.75 Å². The first kappa shape index (κ1) is 10.9. The van der Waals surface area contributed by atoms with Crippen LogP contribution in [0.4, 0.5) is 5.69 Å². The lowest BCUT2D eigenvalue weighted by Gasteiger charge is -2.36. The van der Waals surface area contributed by atoms with E-state index in [1.807, 2.05) is 12.1 Å². The van der Waals surface area contributed by atoms with Crippen LogP contribution in [0.2, 0.25) is 0 Å². The van der Waals surface area contributed by atoms with Crippen molar-refractivity contribution in [1.29, 1.82) is 0 Å². The van der Waals surface area contributed by atoms with Gasteiger partial charge in [0.15, 0.2) is 0 Å². The smallest absolute Gasteiger partial charge is 0.119 e. The number of nitrogens with zero attached hydrogens (tertiary/aromatic N) is 1. The second-order valence-electron chi connectivity index (χ2n) is 5.14. The van der Waals surface area contributed by atoms with Gasteiger partial charge >= 0.3 is 0 Å². The van der Waals surface area contributed by atoms with Gasteiger partial charge in [-0.1, -0.05) is 0 Å². The first-order valence-electron chi connectivity index (χ1n) is 6.46. The highest BCUT2D eigenvalue weighted by Crippen LogP contribution is 2.44. The summed E-state index contributed by atoms with van der Waals surface area (Å²) in [6.45, 7) is 0.771. The lowest BCUT2D eigenvalue weighted by atomic mass is 9.98. The SMILES string of the molecule is COc1ccc(N2C3CCC(C3)C2CN)cc1. The van der Waals surface area contributed by atoms with E-state index in [-0.39, 0.29) is 0 Å². The number of benzene rings is 1. The zero-order valence-corrected chi connectivity index (χ0v) is 10.3. The van der Waals surface area contributed by atoms with Crippen molar-refractivity contribution >= 4 is 5.69 Å². The Balaban J connectivity index is 1.87. The molecule has 2 aliphatic rings. The van der Waals surface area contributed by atoms with E-state index in [1.165, 1.54) is 24.9 Å². The van der Waals surface area contributed by atoms with Gasteiger partial charge in [-0.2, -0.15) is 0 Å². The monoisotopic (exact) mass is 232 g/mol. The van der Waals surface area contributed by atoms with Crippen LogP contribution in [0.25, 0.3) is 0 Å². The summed E-state index contributed by atoms with van der Waals surface area (Å²) in [6.07, 6.45) is 4.01. The Hall–Kier alpha value is -1.22. The molecule has 3 heteroatoms. The third kappa shape index (κ3) is 1.69. The molecule has 1 aliphatic carbocycles. The summed E-state index contributed by atoms with van der Waals surface area (Å²) in [6, 6.07) is 9.64. The molecule has 92 valence electrons. The number of fused-ring (bicyclic) bond motifs is 2. The predicted octanol–water partition coefficient (Wildman–Crippen LogP) is 2.01. The van der Waals surface area contributed by atoms with Crippen molar-refractivity contribution in [2.24, 2.45) is 11.7 Å². The van der Waals surface area contributed by atoms with Gasteiger partial charge in [-0.25, -0.2) is 0 Å². The van der Waals surface area contributed by atoms with Crippen molar-refractivity contribution in [3.63, 3.8) is 0 Å². The maximum Gasteiger partial charge on any atom is 0.119 e. The van der Waals surface area contributed by atoms with Crippen LogP contribution in [-0.4, -0.2) is 25.7 Å². The third-order valence-electron chi connectivity index (χ3n) is 4.35. The molecule has 1 aromatic rings. The van der Waals surface area contributed by atoms with Crippen LogP contribution in [0.15, 0.2) is 24.3 Å². The minimum Gasteiger partial charge on any atom is -0.497 e. The fourth-order valence-corrected chi connectivity index (χ4v) is 3.55. The van der Waals surface area contributed by atoms with Crippen LogP contribution < -0.4 is 15.4 Å². The van der Waals surface area contributed by atoms with Crippen LogP contribution in [0.5, 0.6) is 5.75 Å². The third-order valence-corrected chi connectivity index (χ3v) is 4.35. The van der Waals surface area contributed by atoms with Gasteiger partial charge in [-0.05, 0) is 49.4 Å². The second kappa shape index (κ2) is 4.22. The fourth-order valence-electron chi connectivity index (χ4n) is 3.55. The van der Waals surface area contributed by atoms with Crippen LogP contribution in [0.3, 0.4) is 0 Å². The first-order chi connectivity index (χ1) is 8.33. The van der Waals surface area contributed by atoms with Crippen molar-refractivity contribution in [2.75, 3.05) is 18.6 Å². The minimum atomic E-state index is 0.544. The van der Waals surface area contributed by atoms with Gasteiger partial charge in [-0.15, -0.1) is 0 Å². The Bertz CT molecular complexity index is 390. The van der Waals surface area contributed by atoms with E-state index < -0.39 is 0 Å². The molecule has 3 nitrogen and oxygen atoms in total. The van der Waals surface area contributed by atoms with Gasteiger partial charge in [0.05, 0.1) is 7.11 Å². The number of rotatable bonds is 3. The highest BCUT2D eigenvalue weighted by Gasteiger charge is 2.44. The maximum absolute atomic E-state index is 5.94. The number of ether oxygens (including phenoxy) is 1. The van der Waals surface area contributed by atoms with E-state index >= 15 is 0 Å². The van der Waals surface area contributed by atoms with Crippen LogP contribution in [-0.2, 0) is 0 Å². The van der Waals surface area contributed by atoms with Crippen molar-refractivity contribution in [1.82, 2.24) is 0 Å². The Morgan fingerprint density at radius 1 is 1.29 bits per heavy atom. The first-order valence-corrected chi connectivity index (χ1v) is 6.46. The summed E-state index contributed by atoms with van der Waals surface area (Å²) < 4.78 is 5.20. The summed E-state index contributed by atoms with van der Waals surface area (Å²) in [5.41, 5.74) is 7.24. The lowest BCUT2D eigenvalue weighted by molar-refractivity contribution is 0.414. The Morgan fingerprint density at radius 2 is 2.06 bits per heavy atom. The quantitative estimate of drug-likeness (QED) is 0.866. The molecule has 3 rings (SSSR count). The minimum absolute atomic E-state index is 0.544. The molecule has 3 atom stereocenters. The molecule has 1 saturated carbocycles.